The first kappa shape index (κ1) is 18.3. The van der Waals surface area contributed by atoms with E-state index in [1.807, 2.05) is 31.2 Å². The van der Waals surface area contributed by atoms with Crippen molar-refractivity contribution in [2.45, 2.75) is 13.5 Å². The van der Waals surface area contributed by atoms with Gasteiger partial charge in [0.1, 0.15) is 17.3 Å². The van der Waals surface area contributed by atoms with Crippen molar-refractivity contribution in [2.75, 3.05) is 14.2 Å². The molecule has 1 N–H and O–H groups in total. The second kappa shape index (κ2) is 8.27. The van der Waals surface area contributed by atoms with Gasteiger partial charge in [-0.15, -0.1) is 0 Å². The zero-order valence-electron chi connectivity index (χ0n) is 15.4. The molecule has 0 fully saturated rings. The average molecular weight is 367 g/mol. The highest BCUT2D eigenvalue weighted by Gasteiger charge is 2.19. The molecule has 3 aromatic rings. The number of benzene rings is 1. The van der Waals surface area contributed by atoms with Gasteiger partial charge in [0.05, 0.1) is 25.5 Å². The first-order valence-electron chi connectivity index (χ1n) is 8.36. The van der Waals surface area contributed by atoms with Crippen molar-refractivity contribution in [3.05, 3.63) is 71.8 Å². The summed E-state index contributed by atoms with van der Waals surface area (Å²) in [6, 6.07) is 14.5. The molecule has 0 atom stereocenters. The van der Waals surface area contributed by atoms with E-state index in [-0.39, 0.29) is 0 Å². The molecule has 27 heavy (non-hydrogen) atoms. The van der Waals surface area contributed by atoms with Gasteiger partial charge < -0.3 is 24.0 Å². The second-order valence-corrected chi connectivity index (χ2v) is 5.94. The van der Waals surface area contributed by atoms with E-state index in [0.29, 0.717) is 29.6 Å². The van der Waals surface area contributed by atoms with Crippen LogP contribution in [0.3, 0.4) is 0 Å². The van der Waals surface area contributed by atoms with Crippen LogP contribution in [-0.4, -0.2) is 35.1 Å². The highest BCUT2D eigenvalue weighted by atomic mass is 16.5. The molecular formula is C20H21N3O4. The SMILES string of the molecule is COc1ccc(Oc2nc(C)ccc2/C(=N/O)N(C)Cc2ccco2)cc1. The number of amidine groups is 1. The lowest BCUT2D eigenvalue weighted by Crippen LogP contribution is -2.27. The molecule has 0 amide bonds. The molecule has 140 valence electrons. The Kier molecular flexibility index (Phi) is 5.61. The van der Waals surface area contributed by atoms with Crippen LogP contribution in [0.4, 0.5) is 0 Å². The summed E-state index contributed by atoms with van der Waals surface area (Å²) in [7, 11) is 3.41. The highest BCUT2D eigenvalue weighted by molar-refractivity contribution is 6.00. The van der Waals surface area contributed by atoms with E-state index in [4.69, 9.17) is 13.9 Å². The summed E-state index contributed by atoms with van der Waals surface area (Å²) in [5.41, 5.74) is 1.35. The van der Waals surface area contributed by atoms with E-state index >= 15 is 0 Å². The summed E-state index contributed by atoms with van der Waals surface area (Å²) < 4.78 is 16.5. The van der Waals surface area contributed by atoms with Crippen LogP contribution in [0.2, 0.25) is 0 Å². The standard InChI is InChI=1S/C20H21N3O4/c1-14-6-11-18(19(22-24)23(2)13-17-5-4-12-26-17)20(21-14)27-16-9-7-15(25-3)8-10-16/h4-12,24H,13H2,1-3H3/b22-19-. The van der Waals surface area contributed by atoms with Crippen LogP contribution < -0.4 is 9.47 Å². The largest absolute Gasteiger partial charge is 0.497 e. The maximum atomic E-state index is 9.62. The van der Waals surface area contributed by atoms with E-state index in [1.54, 1.807) is 49.6 Å². The molecule has 0 spiro atoms. The third kappa shape index (κ3) is 4.38. The smallest absolute Gasteiger partial charge is 0.230 e. The predicted octanol–water partition coefficient (Wildman–Crippen LogP) is 4.05. The Morgan fingerprint density at radius 3 is 2.52 bits per heavy atom. The maximum Gasteiger partial charge on any atom is 0.230 e. The Morgan fingerprint density at radius 2 is 1.89 bits per heavy atom. The van der Waals surface area contributed by atoms with E-state index in [9.17, 15) is 5.21 Å². The van der Waals surface area contributed by atoms with Gasteiger partial charge >= 0.3 is 0 Å². The van der Waals surface area contributed by atoms with Crippen LogP contribution in [0.15, 0.2) is 64.4 Å². The zero-order valence-corrected chi connectivity index (χ0v) is 15.4. The van der Waals surface area contributed by atoms with Crippen LogP contribution in [0.1, 0.15) is 17.0 Å². The fraction of sp³-hybridized carbons (Fsp3) is 0.200. The van der Waals surface area contributed by atoms with Crippen molar-refractivity contribution in [1.29, 1.82) is 0 Å². The third-order valence-electron chi connectivity index (χ3n) is 3.94. The van der Waals surface area contributed by atoms with E-state index in [0.717, 1.165) is 17.2 Å². The Balaban J connectivity index is 1.89. The van der Waals surface area contributed by atoms with Crippen LogP contribution >= 0.6 is 0 Å². The van der Waals surface area contributed by atoms with Gasteiger partial charge in [-0.2, -0.15) is 0 Å². The van der Waals surface area contributed by atoms with E-state index in [1.165, 1.54) is 0 Å². The average Bonchev–Trinajstić information content (AvgIpc) is 3.17. The monoisotopic (exact) mass is 367 g/mol. The number of rotatable bonds is 6. The molecule has 0 radical (unpaired) electrons. The van der Waals surface area contributed by atoms with E-state index < -0.39 is 0 Å². The Labute approximate surface area is 157 Å². The molecule has 2 aromatic heterocycles. The topological polar surface area (TPSA) is 80.3 Å². The maximum absolute atomic E-state index is 9.62. The Hall–Kier alpha value is -3.48. The van der Waals surface area contributed by atoms with Crippen LogP contribution in [0.25, 0.3) is 0 Å². The highest BCUT2D eigenvalue weighted by Crippen LogP contribution is 2.27. The van der Waals surface area contributed by atoms with Crippen molar-refractivity contribution in [2.24, 2.45) is 5.16 Å². The van der Waals surface area contributed by atoms with Gasteiger partial charge in [-0.05, 0) is 55.5 Å². The molecule has 0 aliphatic rings. The normalized spacial score (nSPS) is 11.3. The fourth-order valence-electron chi connectivity index (χ4n) is 2.58. The zero-order chi connectivity index (χ0) is 19.2. The van der Waals surface area contributed by atoms with Crippen molar-refractivity contribution in [1.82, 2.24) is 9.88 Å². The van der Waals surface area contributed by atoms with Gasteiger partial charge in [0.25, 0.3) is 0 Å². The van der Waals surface area contributed by atoms with Gasteiger partial charge in [-0.1, -0.05) is 5.16 Å². The molecule has 2 heterocycles. The molecule has 0 aliphatic carbocycles. The molecule has 1 aromatic carbocycles. The quantitative estimate of drug-likeness (QED) is 0.306. The number of furan rings is 1. The molecule has 0 aliphatic heterocycles. The number of aryl methyl sites for hydroxylation is 1. The molecule has 0 saturated heterocycles. The summed E-state index contributed by atoms with van der Waals surface area (Å²) in [4.78, 5) is 6.22. The van der Waals surface area contributed by atoms with Crippen molar-refractivity contribution < 1.29 is 19.1 Å². The number of hydrogen-bond acceptors (Lipinski definition) is 6. The minimum Gasteiger partial charge on any atom is -0.497 e. The lowest BCUT2D eigenvalue weighted by atomic mass is 10.2. The van der Waals surface area contributed by atoms with Gasteiger partial charge in [0.2, 0.25) is 5.88 Å². The fourth-order valence-corrected chi connectivity index (χ4v) is 2.58. The Bertz CT molecular complexity index is 905. The van der Waals surface area contributed by atoms with E-state index in [2.05, 4.69) is 10.1 Å². The van der Waals surface area contributed by atoms with Gasteiger partial charge in [0, 0.05) is 12.7 Å². The number of nitrogens with zero attached hydrogens (tertiary/aromatic N) is 3. The molecule has 0 bridgehead atoms. The summed E-state index contributed by atoms with van der Waals surface area (Å²) in [5, 5.41) is 13.1. The lowest BCUT2D eigenvalue weighted by molar-refractivity contribution is 0.302. The molecule has 0 saturated carbocycles. The second-order valence-electron chi connectivity index (χ2n) is 5.94. The number of ether oxygens (including phenoxy) is 2. The van der Waals surface area contributed by atoms with Crippen molar-refractivity contribution in [3.8, 4) is 17.4 Å². The third-order valence-corrected chi connectivity index (χ3v) is 3.94. The number of methoxy groups -OCH3 is 1. The summed E-state index contributed by atoms with van der Waals surface area (Å²) >= 11 is 0. The first-order valence-corrected chi connectivity index (χ1v) is 8.36. The van der Waals surface area contributed by atoms with Gasteiger partial charge in [0.15, 0.2) is 5.84 Å². The predicted molar refractivity (Wildman–Crippen MR) is 101 cm³/mol. The number of aromatic nitrogens is 1. The minimum absolute atomic E-state index is 0.322. The molecule has 7 heteroatoms. The number of hydrogen-bond donors (Lipinski definition) is 1. The summed E-state index contributed by atoms with van der Waals surface area (Å²) in [6.45, 7) is 2.30. The van der Waals surface area contributed by atoms with Crippen LogP contribution in [0, 0.1) is 6.92 Å². The lowest BCUT2D eigenvalue weighted by Gasteiger charge is -2.20. The van der Waals surface area contributed by atoms with Crippen LogP contribution in [0.5, 0.6) is 17.4 Å². The number of pyridine rings is 1. The van der Waals surface area contributed by atoms with Crippen LogP contribution in [-0.2, 0) is 6.54 Å². The minimum atomic E-state index is 0.322. The van der Waals surface area contributed by atoms with Gasteiger partial charge in [-0.25, -0.2) is 4.98 Å². The molecule has 7 nitrogen and oxygen atoms in total. The van der Waals surface area contributed by atoms with Crippen molar-refractivity contribution in [3.63, 3.8) is 0 Å². The first-order chi connectivity index (χ1) is 13.1. The summed E-state index contributed by atoms with van der Waals surface area (Å²) in [5.74, 6) is 2.75. The van der Waals surface area contributed by atoms with Gasteiger partial charge in [-0.3, -0.25) is 0 Å². The Morgan fingerprint density at radius 1 is 1.15 bits per heavy atom. The number of oxime groups is 1. The van der Waals surface area contributed by atoms with Crippen molar-refractivity contribution >= 4 is 5.84 Å². The summed E-state index contributed by atoms with van der Waals surface area (Å²) in [6.07, 6.45) is 1.60. The molecular weight excluding hydrogens is 346 g/mol. The molecule has 3 rings (SSSR count). The molecule has 0 unspecified atom stereocenters.